The van der Waals surface area contributed by atoms with Gasteiger partial charge >= 0.3 is 0 Å². The second kappa shape index (κ2) is 15.4. The Morgan fingerprint density at radius 1 is 0.930 bits per heavy atom. The lowest BCUT2D eigenvalue weighted by molar-refractivity contribution is -0.139. The molecule has 1 unspecified atom stereocenters. The third-order valence-corrected chi connectivity index (χ3v) is 8.66. The van der Waals surface area contributed by atoms with Gasteiger partial charge in [-0.25, -0.2) is 12.8 Å². The number of methoxy groups -OCH3 is 2. The topological polar surface area (TPSA) is 105 Å². The molecule has 0 heterocycles. The second-order valence-corrected chi connectivity index (χ2v) is 12.3. The van der Waals surface area contributed by atoms with Crippen molar-refractivity contribution in [2.45, 2.75) is 44.6 Å². The normalized spacial score (nSPS) is 12.0. The lowest BCUT2D eigenvalue weighted by Crippen LogP contribution is -2.53. The Hall–Kier alpha value is -4.12. The molecule has 3 aromatic carbocycles. The molecule has 9 nitrogen and oxygen atoms in total. The largest absolute Gasteiger partial charge is 0.493 e. The van der Waals surface area contributed by atoms with Crippen molar-refractivity contribution in [1.82, 2.24) is 10.2 Å². The minimum absolute atomic E-state index is 0.0878. The Labute approximate surface area is 253 Å². The molecule has 43 heavy (non-hydrogen) atoms. The van der Waals surface area contributed by atoms with Gasteiger partial charge in [-0.2, -0.15) is 0 Å². The van der Waals surface area contributed by atoms with Crippen LogP contribution in [-0.4, -0.2) is 65.0 Å². The van der Waals surface area contributed by atoms with Crippen LogP contribution in [0.25, 0.3) is 0 Å². The fourth-order valence-corrected chi connectivity index (χ4v) is 5.99. The molecule has 1 N–H and O–H groups in total. The maximum absolute atomic E-state index is 14.1. The zero-order valence-corrected chi connectivity index (χ0v) is 26.1. The van der Waals surface area contributed by atoms with Crippen molar-refractivity contribution in [3.05, 3.63) is 84.2 Å². The van der Waals surface area contributed by atoms with Crippen LogP contribution in [0.15, 0.2) is 77.7 Å². The van der Waals surface area contributed by atoms with E-state index in [0.717, 1.165) is 22.0 Å². The van der Waals surface area contributed by atoms with Crippen LogP contribution in [0, 0.1) is 11.7 Å². The van der Waals surface area contributed by atoms with Crippen LogP contribution in [0.2, 0.25) is 0 Å². The van der Waals surface area contributed by atoms with Gasteiger partial charge in [-0.3, -0.25) is 13.9 Å². The van der Waals surface area contributed by atoms with Crippen molar-refractivity contribution in [1.29, 1.82) is 0 Å². The molecule has 0 bridgehead atoms. The van der Waals surface area contributed by atoms with Gasteiger partial charge in [-0.1, -0.05) is 51.1 Å². The van der Waals surface area contributed by atoms with Crippen LogP contribution in [0.4, 0.5) is 10.1 Å². The highest BCUT2D eigenvalue weighted by molar-refractivity contribution is 7.92. The summed E-state index contributed by atoms with van der Waals surface area (Å²) < 4.78 is 53.4. The number of sulfonamides is 1. The van der Waals surface area contributed by atoms with Gasteiger partial charge in [-0.05, 0) is 60.7 Å². The fraction of sp³-hybridized carbons (Fsp3) is 0.375. The summed E-state index contributed by atoms with van der Waals surface area (Å²) in [6.07, 6.45) is 0.781. The minimum Gasteiger partial charge on any atom is -0.493 e. The first-order valence-corrected chi connectivity index (χ1v) is 15.6. The summed E-state index contributed by atoms with van der Waals surface area (Å²) >= 11 is 0. The number of halogens is 1. The number of anilines is 1. The van der Waals surface area contributed by atoms with E-state index >= 15 is 0 Å². The highest BCUT2D eigenvalue weighted by Crippen LogP contribution is 2.32. The average molecular weight is 614 g/mol. The van der Waals surface area contributed by atoms with E-state index in [1.54, 1.807) is 6.92 Å². The van der Waals surface area contributed by atoms with Gasteiger partial charge in [0.25, 0.3) is 10.0 Å². The SMILES string of the molecule is CCC(C(=O)NCC(C)C)N(CCc1ccccc1)C(=O)CN(c1ccc(F)cc1)S(=O)(=O)c1ccc(OC)c(OC)c1. The molecule has 0 spiro atoms. The molecule has 3 rings (SSSR count). The molecule has 0 aliphatic rings. The molecule has 0 saturated heterocycles. The number of hydrogen-bond donors (Lipinski definition) is 1. The van der Waals surface area contributed by atoms with E-state index < -0.39 is 34.3 Å². The molecular formula is C32H40FN3O6S. The summed E-state index contributed by atoms with van der Waals surface area (Å²) in [5.41, 5.74) is 1.05. The average Bonchev–Trinajstić information content (AvgIpc) is 3.01. The Bertz CT molecular complexity index is 1470. The number of benzene rings is 3. The van der Waals surface area contributed by atoms with Crippen LogP contribution in [0.5, 0.6) is 11.5 Å². The van der Waals surface area contributed by atoms with E-state index in [1.807, 2.05) is 44.2 Å². The Morgan fingerprint density at radius 3 is 2.16 bits per heavy atom. The van der Waals surface area contributed by atoms with Crippen LogP contribution < -0.4 is 19.1 Å². The van der Waals surface area contributed by atoms with Crippen molar-refractivity contribution >= 4 is 27.5 Å². The molecule has 0 saturated carbocycles. The number of nitrogens with one attached hydrogen (secondary N) is 1. The van der Waals surface area contributed by atoms with Crippen molar-refractivity contribution in [3.63, 3.8) is 0 Å². The van der Waals surface area contributed by atoms with Crippen molar-refractivity contribution in [3.8, 4) is 11.5 Å². The number of hydrogen-bond acceptors (Lipinski definition) is 6. The molecule has 0 aliphatic heterocycles. The maximum Gasteiger partial charge on any atom is 0.264 e. The van der Waals surface area contributed by atoms with Crippen LogP contribution in [0.1, 0.15) is 32.8 Å². The van der Waals surface area contributed by atoms with Gasteiger partial charge in [0, 0.05) is 19.2 Å². The molecule has 0 fully saturated rings. The molecule has 11 heteroatoms. The molecule has 0 aromatic heterocycles. The molecule has 3 aromatic rings. The minimum atomic E-state index is -4.37. The highest BCUT2D eigenvalue weighted by atomic mass is 32.2. The van der Waals surface area contributed by atoms with Gasteiger partial charge in [0.05, 0.1) is 24.8 Å². The third kappa shape index (κ3) is 8.70. The predicted octanol–water partition coefficient (Wildman–Crippen LogP) is 4.66. The van der Waals surface area contributed by atoms with E-state index in [2.05, 4.69) is 5.32 Å². The molecule has 1 atom stereocenters. The quantitative estimate of drug-likeness (QED) is 0.267. The lowest BCUT2D eigenvalue weighted by Gasteiger charge is -2.33. The van der Waals surface area contributed by atoms with E-state index in [9.17, 15) is 22.4 Å². The number of carbonyl (C=O) groups excluding carboxylic acids is 2. The van der Waals surface area contributed by atoms with Crippen LogP contribution in [-0.2, 0) is 26.0 Å². The Morgan fingerprint density at radius 2 is 1.58 bits per heavy atom. The highest BCUT2D eigenvalue weighted by Gasteiger charge is 2.34. The lowest BCUT2D eigenvalue weighted by atomic mass is 10.1. The monoisotopic (exact) mass is 613 g/mol. The first-order chi connectivity index (χ1) is 20.5. The predicted molar refractivity (Wildman–Crippen MR) is 164 cm³/mol. The number of amides is 2. The van der Waals surface area contributed by atoms with Crippen molar-refractivity contribution < 1.29 is 31.9 Å². The van der Waals surface area contributed by atoms with Crippen LogP contribution >= 0.6 is 0 Å². The molecule has 232 valence electrons. The number of carbonyl (C=O) groups is 2. The fourth-order valence-electron chi connectivity index (χ4n) is 4.56. The van der Waals surface area contributed by atoms with Crippen LogP contribution in [0.3, 0.4) is 0 Å². The van der Waals surface area contributed by atoms with Gasteiger partial charge < -0.3 is 19.7 Å². The summed E-state index contributed by atoms with van der Waals surface area (Å²) in [5.74, 6) is -0.724. The zero-order valence-electron chi connectivity index (χ0n) is 25.2. The third-order valence-electron chi connectivity index (χ3n) is 6.89. The second-order valence-electron chi connectivity index (χ2n) is 10.4. The first kappa shape index (κ1) is 33.4. The maximum atomic E-state index is 14.1. The van der Waals surface area contributed by atoms with Crippen molar-refractivity contribution in [2.75, 3.05) is 38.2 Å². The molecular weight excluding hydrogens is 573 g/mol. The number of rotatable bonds is 15. The zero-order chi connectivity index (χ0) is 31.6. The standard InChI is InChI=1S/C32H40FN3O6S/c1-6-28(32(38)34-21-23(2)3)35(19-18-24-10-8-7-9-11-24)31(37)22-36(26-14-12-25(33)13-15-26)43(39,40)27-16-17-29(41-4)30(20-27)42-5/h7-17,20,23,28H,6,18-19,21-22H2,1-5H3,(H,34,38). The molecule has 0 radical (unpaired) electrons. The van der Waals surface area contributed by atoms with Gasteiger partial charge in [0.15, 0.2) is 11.5 Å². The molecule has 0 aliphatic carbocycles. The van der Waals surface area contributed by atoms with E-state index in [4.69, 9.17) is 9.47 Å². The number of ether oxygens (including phenoxy) is 2. The van der Waals surface area contributed by atoms with E-state index in [0.29, 0.717) is 25.1 Å². The molecule has 2 amide bonds. The number of nitrogens with zero attached hydrogens (tertiary/aromatic N) is 2. The summed E-state index contributed by atoms with van der Waals surface area (Å²) in [5, 5.41) is 2.91. The summed E-state index contributed by atoms with van der Waals surface area (Å²) in [6, 6.07) is 17.6. The Balaban J connectivity index is 2.03. The first-order valence-electron chi connectivity index (χ1n) is 14.1. The van der Waals surface area contributed by atoms with Gasteiger partial charge in [0.1, 0.15) is 18.4 Å². The summed E-state index contributed by atoms with van der Waals surface area (Å²) in [6.45, 7) is 5.75. The van der Waals surface area contributed by atoms with Gasteiger partial charge in [0.2, 0.25) is 11.8 Å². The Kier molecular flexibility index (Phi) is 11.9. The smallest absolute Gasteiger partial charge is 0.264 e. The van der Waals surface area contributed by atoms with Gasteiger partial charge in [-0.15, -0.1) is 0 Å². The van der Waals surface area contributed by atoms with E-state index in [-0.39, 0.29) is 34.7 Å². The summed E-state index contributed by atoms with van der Waals surface area (Å²) in [4.78, 5) is 28.6. The van der Waals surface area contributed by atoms with Crippen molar-refractivity contribution in [2.24, 2.45) is 5.92 Å². The summed E-state index contributed by atoms with van der Waals surface area (Å²) in [7, 11) is -1.55. The van der Waals surface area contributed by atoms with E-state index in [1.165, 1.54) is 49.5 Å².